The van der Waals surface area contributed by atoms with Crippen LogP contribution in [-0.2, 0) is 28.5 Å². The molecule has 6 nitrogen and oxygen atoms in total. The Balaban J connectivity index is 5.39. The molecule has 0 radical (unpaired) electrons. The number of hydrogen-bond acceptors (Lipinski definition) is 6. The molecule has 29 heavy (non-hydrogen) atoms. The number of ketones is 2. The van der Waals surface area contributed by atoms with Gasteiger partial charge in [0.15, 0.2) is 11.6 Å². The molecule has 0 aromatic carbocycles. The number of rotatable bonds is 21. The fourth-order valence-corrected chi connectivity index (χ4v) is 2.72. The molecule has 0 heterocycles. The second-order valence-corrected chi connectivity index (χ2v) is 7.46. The largest absolute Gasteiger partial charge is 0.374 e. The van der Waals surface area contributed by atoms with Crippen LogP contribution in [0.2, 0.25) is 0 Å². The number of ether oxygens (including phenoxy) is 4. The van der Waals surface area contributed by atoms with Crippen molar-refractivity contribution >= 4 is 11.6 Å². The normalized spacial score (nSPS) is 14.5. The van der Waals surface area contributed by atoms with E-state index in [0.717, 1.165) is 51.4 Å². The molecule has 0 spiro atoms. The van der Waals surface area contributed by atoms with Gasteiger partial charge >= 0.3 is 0 Å². The number of carbonyl (C=O) groups excluding carboxylic acids is 2. The van der Waals surface area contributed by atoms with E-state index in [1.165, 1.54) is 6.92 Å². The number of unbranched alkanes of at least 4 members (excludes halogenated alkanes) is 4. The number of hydrogen-bond donors (Lipinski definition) is 0. The molecule has 0 aromatic heterocycles. The molecular formula is C23H44O6. The second-order valence-electron chi connectivity index (χ2n) is 7.46. The zero-order valence-corrected chi connectivity index (χ0v) is 19.4. The van der Waals surface area contributed by atoms with Crippen LogP contribution in [-0.4, -0.2) is 62.9 Å². The molecule has 0 aliphatic carbocycles. The van der Waals surface area contributed by atoms with Crippen molar-refractivity contribution in [3.05, 3.63) is 0 Å². The van der Waals surface area contributed by atoms with Crippen molar-refractivity contribution in [1.82, 2.24) is 0 Å². The van der Waals surface area contributed by atoms with Crippen molar-refractivity contribution in [2.75, 3.05) is 33.0 Å². The summed E-state index contributed by atoms with van der Waals surface area (Å²) in [6, 6.07) is 0. The molecule has 0 aromatic rings. The molecule has 0 rings (SSSR count). The molecule has 0 saturated heterocycles. The van der Waals surface area contributed by atoms with Crippen LogP contribution in [0.15, 0.2) is 0 Å². The van der Waals surface area contributed by atoms with Gasteiger partial charge in [-0.3, -0.25) is 9.59 Å². The zero-order chi connectivity index (χ0) is 21.9. The Morgan fingerprint density at radius 1 is 0.655 bits per heavy atom. The summed E-state index contributed by atoms with van der Waals surface area (Å²) in [5.41, 5.74) is 0. The van der Waals surface area contributed by atoms with E-state index < -0.39 is 18.3 Å². The van der Waals surface area contributed by atoms with Crippen molar-refractivity contribution in [1.29, 1.82) is 0 Å². The summed E-state index contributed by atoms with van der Waals surface area (Å²) in [5, 5.41) is 0. The first-order chi connectivity index (χ1) is 14.0. The maximum absolute atomic E-state index is 12.9. The first kappa shape index (κ1) is 28.2. The smallest absolute Gasteiger partial charge is 0.189 e. The first-order valence-corrected chi connectivity index (χ1v) is 11.5. The van der Waals surface area contributed by atoms with Gasteiger partial charge in [-0.1, -0.05) is 53.4 Å². The molecule has 0 fully saturated rings. The third-order valence-corrected chi connectivity index (χ3v) is 4.60. The van der Waals surface area contributed by atoms with Gasteiger partial charge in [0.1, 0.15) is 24.9 Å². The monoisotopic (exact) mass is 416 g/mol. The highest BCUT2D eigenvalue weighted by Crippen LogP contribution is 2.17. The van der Waals surface area contributed by atoms with Crippen LogP contribution in [0, 0.1) is 0 Å². The highest BCUT2D eigenvalue weighted by molar-refractivity contribution is 5.87. The van der Waals surface area contributed by atoms with E-state index in [4.69, 9.17) is 18.9 Å². The number of Topliss-reactive ketones (excluding diaryl/α,β-unsaturated/α-hetero) is 2. The van der Waals surface area contributed by atoms with E-state index in [1.54, 1.807) is 0 Å². The average Bonchev–Trinajstić information content (AvgIpc) is 2.70. The van der Waals surface area contributed by atoms with E-state index in [2.05, 4.69) is 27.7 Å². The lowest BCUT2D eigenvalue weighted by Gasteiger charge is -2.31. The Labute approximate surface area is 178 Å². The lowest BCUT2D eigenvalue weighted by Crippen LogP contribution is -2.51. The second kappa shape index (κ2) is 19.2. The van der Waals surface area contributed by atoms with Crippen LogP contribution in [0.1, 0.15) is 86.0 Å². The van der Waals surface area contributed by atoms with Crippen molar-refractivity contribution in [2.24, 2.45) is 0 Å². The summed E-state index contributed by atoms with van der Waals surface area (Å²) in [5.74, 6) is -0.338. The third-order valence-electron chi connectivity index (χ3n) is 4.60. The Bertz CT molecular complexity index is 412. The summed E-state index contributed by atoms with van der Waals surface area (Å²) in [4.78, 5) is 25.3. The lowest BCUT2D eigenvalue weighted by atomic mass is 10.0. The molecule has 0 aliphatic heterocycles. The standard InChI is InChI=1S/C23H44O6/c1-6-10-14-26-18-20(25)22(28-16-12-8-3)23(29-17-13-9-4)21(19(5)24)27-15-11-7-2/h21-23H,6-18H2,1-5H3/t21-,22+,23+/m0/s1. The predicted octanol–water partition coefficient (Wildman–Crippen LogP) is 4.52. The van der Waals surface area contributed by atoms with Crippen LogP contribution in [0.25, 0.3) is 0 Å². The van der Waals surface area contributed by atoms with Crippen LogP contribution in [0.4, 0.5) is 0 Å². The van der Waals surface area contributed by atoms with E-state index in [0.29, 0.717) is 26.4 Å². The summed E-state index contributed by atoms with van der Waals surface area (Å²) in [6.45, 7) is 11.6. The quantitative estimate of drug-likeness (QED) is 0.256. The van der Waals surface area contributed by atoms with Gasteiger partial charge in [0, 0.05) is 26.4 Å². The Morgan fingerprint density at radius 2 is 1.10 bits per heavy atom. The molecule has 0 N–H and O–H groups in total. The third kappa shape index (κ3) is 13.2. The van der Waals surface area contributed by atoms with Crippen molar-refractivity contribution in [3.63, 3.8) is 0 Å². The van der Waals surface area contributed by atoms with Gasteiger partial charge < -0.3 is 18.9 Å². The van der Waals surface area contributed by atoms with Gasteiger partial charge in [0.05, 0.1) is 0 Å². The topological polar surface area (TPSA) is 71.1 Å². The maximum Gasteiger partial charge on any atom is 0.189 e. The van der Waals surface area contributed by atoms with Crippen molar-refractivity contribution in [3.8, 4) is 0 Å². The van der Waals surface area contributed by atoms with Gasteiger partial charge in [0.25, 0.3) is 0 Å². The lowest BCUT2D eigenvalue weighted by molar-refractivity contribution is -0.169. The molecule has 0 saturated carbocycles. The molecule has 0 aliphatic rings. The van der Waals surface area contributed by atoms with Gasteiger partial charge in [-0.25, -0.2) is 0 Å². The van der Waals surface area contributed by atoms with Crippen molar-refractivity contribution in [2.45, 2.75) is 104 Å². The van der Waals surface area contributed by atoms with Gasteiger partial charge in [-0.2, -0.15) is 0 Å². The predicted molar refractivity (Wildman–Crippen MR) is 115 cm³/mol. The van der Waals surface area contributed by atoms with Crippen LogP contribution in [0.5, 0.6) is 0 Å². The Kier molecular flexibility index (Phi) is 18.6. The molecule has 0 amide bonds. The van der Waals surface area contributed by atoms with Gasteiger partial charge in [0.2, 0.25) is 0 Å². The molecule has 3 atom stereocenters. The average molecular weight is 417 g/mol. The Hall–Kier alpha value is -0.820. The number of carbonyl (C=O) groups is 2. The van der Waals surface area contributed by atoms with Gasteiger partial charge in [-0.15, -0.1) is 0 Å². The van der Waals surface area contributed by atoms with Gasteiger partial charge in [-0.05, 0) is 32.6 Å². The molecule has 0 unspecified atom stereocenters. The fraction of sp³-hybridized carbons (Fsp3) is 0.913. The van der Waals surface area contributed by atoms with Crippen molar-refractivity contribution < 1.29 is 28.5 Å². The molecule has 0 bridgehead atoms. The zero-order valence-electron chi connectivity index (χ0n) is 19.4. The highest BCUT2D eigenvalue weighted by atomic mass is 16.6. The minimum Gasteiger partial charge on any atom is -0.374 e. The first-order valence-electron chi connectivity index (χ1n) is 11.5. The Morgan fingerprint density at radius 3 is 1.59 bits per heavy atom. The highest BCUT2D eigenvalue weighted by Gasteiger charge is 2.39. The fourth-order valence-electron chi connectivity index (χ4n) is 2.72. The molecule has 6 heteroatoms. The summed E-state index contributed by atoms with van der Waals surface area (Å²) >= 11 is 0. The van der Waals surface area contributed by atoms with Crippen LogP contribution in [0.3, 0.4) is 0 Å². The minimum atomic E-state index is -0.865. The van der Waals surface area contributed by atoms with Crippen LogP contribution < -0.4 is 0 Å². The van der Waals surface area contributed by atoms with E-state index in [9.17, 15) is 9.59 Å². The summed E-state index contributed by atoms with van der Waals surface area (Å²) < 4.78 is 23.4. The summed E-state index contributed by atoms with van der Waals surface area (Å²) in [7, 11) is 0. The van der Waals surface area contributed by atoms with E-state index in [1.807, 2.05) is 0 Å². The molecule has 172 valence electrons. The minimum absolute atomic E-state index is 0.0377. The molecular weight excluding hydrogens is 372 g/mol. The van der Waals surface area contributed by atoms with E-state index >= 15 is 0 Å². The SMILES string of the molecule is CCCCOCC(=O)[C@@H](OCCCC)[C@H](OCCCC)[C@@H](OCCCC)C(C)=O. The van der Waals surface area contributed by atoms with Crippen LogP contribution >= 0.6 is 0 Å². The van der Waals surface area contributed by atoms with E-state index in [-0.39, 0.29) is 18.2 Å². The maximum atomic E-state index is 12.9. The summed E-state index contributed by atoms with van der Waals surface area (Å²) in [6.07, 6.45) is 4.89.